The lowest BCUT2D eigenvalue weighted by Crippen LogP contribution is -2.23. The van der Waals surface area contributed by atoms with Crippen LogP contribution < -0.4 is 4.74 Å². The SMILES string of the molecule is CCCCOc1ccc(COC2CCC(c3ccc(C4CCC(OCCCC)CC4)c(F)c3F)CC2)c(F)c1. The van der Waals surface area contributed by atoms with Gasteiger partial charge in [-0.1, -0.05) is 44.9 Å². The van der Waals surface area contributed by atoms with Gasteiger partial charge in [0.2, 0.25) is 0 Å². The van der Waals surface area contributed by atoms with Gasteiger partial charge in [-0.15, -0.1) is 0 Å². The van der Waals surface area contributed by atoms with E-state index >= 15 is 8.78 Å². The first kappa shape index (κ1) is 29.9. The van der Waals surface area contributed by atoms with Crippen molar-refractivity contribution in [1.82, 2.24) is 0 Å². The maximum atomic E-state index is 15.2. The molecule has 0 spiro atoms. The standard InChI is InChI=1S/C33H45F3O3/c1-3-5-19-37-26-12-7-23(8-13-26)29-17-18-30(33(36)32(29)35)24-9-14-27(15-10-24)39-22-25-11-16-28(21-31(25)34)38-20-6-4-2/h11,16-18,21,23-24,26-27H,3-10,12-15,19-20,22H2,1-2H3. The Morgan fingerprint density at radius 1 is 0.667 bits per heavy atom. The highest BCUT2D eigenvalue weighted by molar-refractivity contribution is 5.32. The Balaban J connectivity index is 1.25. The third kappa shape index (κ3) is 8.23. The minimum absolute atomic E-state index is 0.0111. The van der Waals surface area contributed by atoms with Crippen LogP contribution >= 0.6 is 0 Å². The fourth-order valence-corrected chi connectivity index (χ4v) is 5.96. The van der Waals surface area contributed by atoms with Crippen LogP contribution in [0.15, 0.2) is 30.3 Å². The average molecular weight is 547 g/mol. The summed E-state index contributed by atoms with van der Waals surface area (Å²) in [6, 6.07) is 8.54. The quantitative estimate of drug-likeness (QED) is 0.234. The number of halogens is 3. The van der Waals surface area contributed by atoms with E-state index in [1.165, 1.54) is 6.07 Å². The van der Waals surface area contributed by atoms with Crippen molar-refractivity contribution < 1.29 is 27.4 Å². The van der Waals surface area contributed by atoms with E-state index in [4.69, 9.17) is 14.2 Å². The van der Waals surface area contributed by atoms with Crippen LogP contribution in [0.1, 0.15) is 119 Å². The predicted octanol–water partition coefficient (Wildman–Crippen LogP) is 9.37. The van der Waals surface area contributed by atoms with Gasteiger partial charge in [-0.05, 0) is 93.2 Å². The maximum absolute atomic E-state index is 15.2. The van der Waals surface area contributed by atoms with Gasteiger partial charge in [0.25, 0.3) is 0 Å². The molecule has 2 aliphatic rings. The van der Waals surface area contributed by atoms with Crippen LogP contribution in [0, 0.1) is 17.5 Å². The minimum Gasteiger partial charge on any atom is -0.493 e. The molecule has 3 nitrogen and oxygen atoms in total. The first-order valence-corrected chi connectivity index (χ1v) is 15.1. The zero-order valence-corrected chi connectivity index (χ0v) is 23.7. The summed E-state index contributed by atoms with van der Waals surface area (Å²) < 4.78 is 62.4. The molecule has 0 radical (unpaired) electrons. The van der Waals surface area contributed by atoms with Crippen molar-refractivity contribution in [3.63, 3.8) is 0 Å². The molecule has 2 saturated carbocycles. The van der Waals surface area contributed by atoms with Crippen molar-refractivity contribution >= 4 is 0 Å². The molecule has 0 amide bonds. The lowest BCUT2D eigenvalue weighted by atomic mass is 9.79. The number of ether oxygens (including phenoxy) is 3. The molecular formula is C33H45F3O3. The summed E-state index contributed by atoms with van der Waals surface area (Å²) in [6.45, 7) is 5.79. The molecule has 0 aromatic heterocycles. The summed E-state index contributed by atoms with van der Waals surface area (Å²) in [4.78, 5) is 0. The van der Waals surface area contributed by atoms with E-state index in [0.717, 1.165) is 83.7 Å². The molecule has 0 aliphatic heterocycles. The molecule has 2 fully saturated rings. The van der Waals surface area contributed by atoms with Gasteiger partial charge in [0.05, 0.1) is 25.4 Å². The fraction of sp³-hybridized carbons (Fsp3) is 0.636. The Hall–Kier alpha value is -2.05. The van der Waals surface area contributed by atoms with Crippen LogP contribution in [0.25, 0.3) is 0 Å². The van der Waals surface area contributed by atoms with Crippen molar-refractivity contribution in [2.24, 2.45) is 0 Å². The molecule has 2 aromatic rings. The average Bonchev–Trinajstić information content (AvgIpc) is 2.95. The van der Waals surface area contributed by atoms with Crippen LogP contribution in [0.3, 0.4) is 0 Å². The van der Waals surface area contributed by atoms with E-state index in [1.807, 2.05) is 12.1 Å². The Morgan fingerprint density at radius 2 is 1.21 bits per heavy atom. The number of rotatable bonds is 13. The Kier molecular flexibility index (Phi) is 11.6. The molecular weight excluding hydrogens is 501 g/mol. The maximum Gasteiger partial charge on any atom is 0.162 e. The van der Waals surface area contributed by atoms with E-state index in [1.54, 1.807) is 12.1 Å². The number of hydrogen-bond acceptors (Lipinski definition) is 3. The molecule has 0 N–H and O–H groups in total. The summed E-state index contributed by atoms with van der Waals surface area (Å²) in [5.41, 5.74) is 1.50. The van der Waals surface area contributed by atoms with Gasteiger partial charge in [-0.2, -0.15) is 0 Å². The fourth-order valence-electron chi connectivity index (χ4n) is 5.96. The summed E-state index contributed by atoms with van der Waals surface area (Å²) >= 11 is 0. The van der Waals surface area contributed by atoms with Gasteiger partial charge < -0.3 is 14.2 Å². The molecule has 0 atom stereocenters. The van der Waals surface area contributed by atoms with E-state index < -0.39 is 11.6 Å². The third-order valence-electron chi connectivity index (χ3n) is 8.49. The zero-order chi connectivity index (χ0) is 27.6. The van der Waals surface area contributed by atoms with Crippen LogP contribution in [-0.4, -0.2) is 25.4 Å². The van der Waals surface area contributed by atoms with Crippen molar-refractivity contribution in [2.75, 3.05) is 13.2 Å². The van der Waals surface area contributed by atoms with Crippen molar-refractivity contribution in [3.8, 4) is 5.75 Å². The second kappa shape index (κ2) is 15.1. The van der Waals surface area contributed by atoms with Crippen LogP contribution in [0.5, 0.6) is 5.75 Å². The largest absolute Gasteiger partial charge is 0.493 e. The van der Waals surface area contributed by atoms with E-state index in [2.05, 4.69) is 13.8 Å². The van der Waals surface area contributed by atoms with Crippen molar-refractivity contribution in [2.45, 2.75) is 122 Å². The highest BCUT2D eigenvalue weighted by Crippen LogP contribution is 2.40. The van der Waals surface area contributed by atoms with Crippen LogP contribution in [0.2, 0.25) is 0 Å². The Morgan fingerprint density at radius 3 is 1.74 bits per heavy atom. The second-order valence-electron chi connectivity index (χ2n) is 11.3. The lowest BCUT2D eigenvalue weighted by Gasteiger charge is -2.31. The van der Waals surface area contributed by atoms with E-state index in [-0.39, 0.29) is 36.5 Å². The van der Waals surface area contributed by atoms with E-state index in [0.29, 0.717) is 29.0 Å². The molecule has 0 saturated heterocycles. The van der Waals surface area contributed by atoms with Gasteiger partial charge in [-0.25, -0.2) is 13.2 Å². The predicted molar refractivity (Wildman–Crippen MR) is 149 cm³/mol. The summed E-state index contributed by atoms with van der Waals surface area (Å²) in [6.07, 6.45) is 10.8. The molecule has 2 aliphatic carbocycles. The summed E-state index contributed by atoms with van der Waals surface area (Å²) in [5, 5.41) is 0. The monoisotopic (exact) mass is 546 g/mol. The normalized spacial score (nSPS) is 23.6. The van der Waals surface area contributed by atoms with Gasteiger partial charge in [-0.3, -0.25) is 0 Å². The second-order valence-corrected chi connectivity index (χ2v) is 11.3. The molecule has 0 bridgehead atoms. The summed E-state index contributed by atoms with van der Waals surface area (Å²) in [5.74, 6) is -1.10. The third-order valence-corrected chi connectivity index (χ3v) is 8.49. The van der Waals surface area contributed by atoms with Crippen molar-refractivity contribution in [3.05, 3.63) is 64.5 Å². The van der Waals surface area contributed by atoms with Crippen LogP contribution in [-0.2, 0) is 16.1 Å². The Labute approximate surface area is 232 Å². The highest BCUT2D eigenvalue weighted by Gasteiger charge is 2.30. The first-order chi connectivity index (χ1) is 19.0. The molecule has 0 unspecified atom stereocenters. The van der Waals surface area contributed by atoms with Gasteiger partial charge in [0.1, 0.15) is 11.6 Å². The van der Waals surface area contributed by atoms with E-state index in [9.17, 15) is 4.39 Å². The highest BCUT2D eigenvalue weighted by atomic mass is 19.2. The van der Waals surface area contributed by atoms with Gasteiger partial charge in [0.15, 0.2) is 11.6 Å². The molecule has 2 aromatic carbocycles. The molecule has 216 valence electrons. The minimum atomic E-state index is -0.679. The topological polar surface area (TPSA) is 27.7 Å². The number of hydrogen-bond donors (Lipinski definition) is 0. The number of unbranched alkanes of at least 4 members (excludes halogenated alkanes) is 2. The molecule has 0 heterocycles. The molecule has 4 rings (SSSR count). The van der Waals surface area contributed by atoms with Gasteiger partial charge >= 0.3 is 0 Å². The van der Waals surface area contributed by atoms with Crippen molar-refractivity contribution in [1.29, 1.82) is 0 Å². The Bertz CT molecular complexity index is 1030. The zero-order valence-electron chi connectivity index (χ0n) is 23.7. The smallest absolute Gasteiger partial charge is 0.162 e. The number of benzene rings is 2. The molecule has 39 heavy (non-hydrogen) atoms. The first-order valence-electron chi connectivity index (χ1n) is 15.1. The van der Waals surface area contributed by atoms with Crippen LogP contribution in [0.4, 0.5) is 13.2 Å². The lowest BCUT2D eigenvalue weighted by molar-refractivity contribution is 0.0118. The molecule has 6 heteroatoms. The summed E-state index contributed by atoms with van der Waals surface area (Å²) in [7, 11) is 0. The van der Waals surface area contributed by atoms with Gasteiger partial charge in [0, 0.05) is 18.2 Å².